The van der Waals surface area contributed by atoms with Crippen molar-refractivity contribution in [3.8, 4) is 0 Å². The predicted molar refractivity (Wildman–Crippen MR) is 83.4 cm³/mol. The minimum atomic E-state index is -0.816. The Morgan fingerprint density at radius 3 is 2.65 bits per heavy atom. The molecule has 1 heterocycles. The van der Waals surface area contributed by atoms with Gasteiger partial charge in [0.2, 0.25) is 11.8 Å². The molecule has 0 aromatic heterocycles. The lowest BCUT2D eigenvalue weighted by molar-refractivity contribution is -0.142. The van der Waals surface area contributed by atoms with Gasteiger partial charge in [0.1, 0.15) is 18.9 Å². The molecule has 8 heteroatoms. The van der Waals surface area contributed by atoms with Crippen LogP contribution in [0.1, 0.15) is 27.2 Å². The van der Waals surface area contributed by atoms with Crippen LogP contribution in [0.15, 0.2) is 0 Å². The van der Waals surface area contributed by atoms with E-state index in [1.54, 1.807) is 0 Å². The van der Waals surface area contributed by atoms with E-state index < -0.39 is 29.5 Å². The van der Waals surface area contributed by atoms with E-state index in [1.807, 2.05) is 20.8 Å². The zero-order valence-electron chi connectivity index (χ0n) is 13.9. The molecule has 8 nitrogen and oxygen atoms in total. The summed E-state index contributed by atoms with van der Waals surface area (Å²) in [7, 11) is 0. The van der Waals surface area contributed by atoms with E-state index in [0.717, 1.165) is 0 Å². The van der Waals surface area contributed by atoms with Crippen molar-refractivity contribution in [2.75, 3.05) is 26.3 Å². The van der Waals surface area contributed by atoms with E-state index >= 15 is 0 Å². The van der Waals surface area contributed by atoms with Crippen LogP contribution in [0.25, 0.3) is 0 Å². The molecular formula is C15H27N3O5. The normalized spacial score (nSPS) is 22.7. The third-order valence-corrected chi connectivity index (χ3v) is 3.68. The molecule has 0 aromatic rings. The third kappa shape index (κ3) is 5.56. The molecule has 0 spiro atoms. The Hall–Kier alpha value is -1.51. The molecule has 0 radical (unpaired) electrons. The summed E-state index contributed by atoms with van der Waals surface area (Å²) in [6.45, 7) is 5.93. The van der Waals surface area contributed by atoms with Gasteiger partial charge in [0.15, 0.2) is 0 Å². The monoisotopic (exact) mass is 329 g/mol. The topological polar surface area (TPSA) is 122 Å². The zero-order valence-corrected chi connectivity index (χ0v) is 13.9. The van der Waals surface area contributed by atoms with Crippen molar-refractivity contribution in [1.29, 1.82) is 0 Å². The van der Waals surface area contributed by atoms with Gasteiger partial charge in [-0.1, -0.05) is 20.8 Å². The second-order valence-corrected chi connectivity index (χ2v) is 6.79. The van der Waals surface area contributed by atoms with Gasteiger partial charge in [0.25, 0.3) is 0 Å². The van der Waals surface area contributed by atoms with Gasteiger partial charge < -0.3 is 30.6 Å². The van der Waals surface area contributed by atoms with E-state index in [-0.39, 0.29) is 32.1 Å². The van der Waals surface area contributed by atoms with Gasteiger partial charge in [0, 0.05) is 19.5 Å². The molecule has 1 saturated heterocycles. The average molecular weight is 329 g/mol. The third-order valence-electron chi connectivity index (χ3n) is 3.68. The maximum Gasteiger partial charge on any atom is 0.246 e. The highest BCUT2D eigenvalue weighted by Crippen LogP contribution is 2.25. The number of aldehydes is 1. The molecule has 1 aliphatic rings. The Kier molecular flexibility index (Phi) is 7.11. The fourth-order valence-electron chi connectivity index (χ4n) is 2.49. The SMILES string of the molecule is CC(C)(C)[C@H](NC(=O)COCCN)C(=O)N1C[C@H](O)C[C@H]1C=O. The first-order chi connectivity index (χ1) is 10.7. The van der Waals surface area contributed by atoms with Gasteiger partial charge in [-0.2, -0.15) is 0 Å². The number of aliphatic hydroxyl groups is 1. The lowest BCUT2D eigenvalue weighted by Crippen LogP contribution is -2.56. The Labute approximate surface area is 136 Å². The smallest absolute Gasteiger partial charge is 0.246 e. The number of nitrogens with two attached hydrogens (primary N) is 1. The molecule has 4 N–H and O–H groups in total. The molecule has 0 unspecified atom stereocenters. The first-order valence-electron chi connectivity index (χ1n) is 7.71. The van der Waals surface area contributed by atoms with E-state index in [2.05, 4.69) is 5.32 Å². The highest BCUT2D eigenvalue weighted by Gasteiger charge is 2.41. The number of nitrogens with one attached hydrogen (secondary N) is 1. The highest BCUT2D eigenvalue weighted by molar-refractivity contribution is 5.90. The van der Waals surface area contributed by atoms with Crippen molar-refractivity contribution in [3.05, 3.63) is 0 Å². The van der Waals surface area contributed by atoms with Crippen LogP contribution in [0.2, 0.25) is 0 Å². The minimum Gasteiger partial charge on any atom is -0.391 e. The quantitative estimate of drug-likeness (QED) is 0.392. The summed E-state index contributed by atoms with van der Waals surface area (Å²) in [5.41, 5.74) is 4.73. The van der Waals surface area contributed by atoms with Gasteiger partial charge in [-0.25, -0.2) is 0 Å². The number of carbonyl (C=O) groups excluding carboxylic acids is 3. The fourth-order valence-corrected chi connectivity index (χ4v) is 2.49. The molecule has 132 valence electrons. The number of amides is 2. The number of rotatable bonds is 7. The van der Waals surface area contributed by atoms with Crippen molar-refractivity contribution < 1.29 is 24.2 Å². The van der Waals surface area contributed by atoms with Gasteiger partial charge >= 0.3 is 0 Å². The average Bonchev–Trinajstić information content (AvgIpc) is 2.84. The van der Waals surface area contributed by atoms with E-state index in [1.165, 1.54) is 4.90 Å². The molecule has 1 fully saturated rings. The van der Waals surface area contributed by atoms with Crippen LogP contribution >= 0.6 is 0 Å². The summed E-state index contributed by atoms with van der Waals surface area (Å²) >= 11 is 0. The van der Waals surface area contributed by atoms with Crippen molar-refractivity contribution in [2.24, 2.45) is 11.1 Å². The second kappa shape index (κ2) is 8.37. The number of likely N-dealkylation sites (tertiary alicyclic amines) is 1. The van der Waals surface area contributed by atoms with E-state index in [4.69, 9.17) is 10.5 Å². The summed E-state index contributed by atoms with van der Waals surface area (Å²) < 4.78 is 5.06. The molecule has 2 amide bonds. The molecule has 0 bridgehead atoms. The maximum atomic E-state index is 12.8. The molecule has 3 atom stereocenters. The van der Waals surface area contributed by atoms with E-state index in [0.29, 0.717) is 12.8 Å². The lowest BCUT2D eigenvalue weighted by Gasteiger charge is -2.34. The number of aliphatic hydroxyl groups excluding tert-OH is 1. The number of hydrogen-bond acceptors (Lipinski definition) is 6. The van der Waals surface area contributed by atoms with Gasteiger partial charge in [0.05, 0.1) is 18.8 Å². The molecular weight excluding hydrogens is 302 g/mol. The first kappa shape index (κ1) is 19.5. The van der Waals surface area contributed by atoms with Crippen LogP contribution in [-0.4, -0.2) is 72.6 Å². The van der Waals surface area contributed by atoms with Crippen LogP contribution in [0.3, 0.4) is 0 Å². The summed E-state index contributed by atoms with van der Waals surface area (Å²) in [6, 6.07) is -1.48. The Bertz CT molecular complexity index is 435. The molecule has 0 aromatic carbocycles. The van der Waals surface area contributed by atoms with Crippen LogP contribution in [0.5, 0.6) is 0 Å². The van der Waals surface area contributed by atoms with Crippen LogP contribution in [-0.2, 0) is 19.1 Å². The molecule has 23 heavy (non-hydrogen) atoms. The Morgan fingerprint density at radius 2 is 2.13 bits per heavy atom. The summed E-state index contributed by atoms with van der Waals surface area (Å²) in [5.74, 6) is -0.799. The van der Waals surface area contributed by atoms with Crippen LogP contribution in [0, 0.1) is 5.41 Å². The van der Waals surface area contributed by atoms with Crippen LogP contribution in [0.4, 0.5) is 0 Å². The summed E-state index contributed by atoms with van der Waals surface area (Å²) in [6.07, 6.45) is 0.151. The molecule has 0 aliphatic carbocycles. The minimum absolute atomic E-state index is 0.0916. The van der Waals surface area contributed by atoms with Crippen molar-refractivity contribution in [1.82, 2.24) is 10.2 Å². The van der Waals surface area contributed by atoms with Crippen molar-refractivity contribution in [3.63, 3.8) is 0 Å². The predicted octanol–water partition coefficient (Wildman–Crippen LogP) is -1.35. The van der Waals surface area contributed by atoms with Gasteiger partial charge in [-0.05, 0) is 5.41 Å². The van der Waals surface area contributed by atoms with E-state index in [9.17, 15) is 19.5 Å². The molecule has 1 aliphatic heterocycles. The number of nitrogens with zero attached hydrogens (tertiary/aromatic N) is 1. The molecule has 0 saturated carbocycles. The van der Waals surface area contributed by atoms with Crippen LogP contribution < -0.4 is 11.1 Å². The Morgan fingerprint density at radius 1 is 1.48 bits per heavy atom. The Balaban J connectivity index is 2.79. The number of β-amino-alcohol motifs (C(OH)–C–C–N with tert-alkyl or cyclic N) is 1. The number of ether oxygens (including phenoxy) is 1. The maximum absolute atomic E-state index is 12.8. The van der Waals surface area contributed by atoms with Crippen molar-refractivity contribution >= 4 is 18.1 Å². The number of hydrogen-bond donors (Lipinski definition) is 3. The number of carbonyl (C=O) groups is 3. The lowest BCUT2D eigenvalue weighted by atomic mass is 9.85. The summed E-state index contributed by atoms with van der Waals surface area (Å²) in [4.78, 5) is 37.1. The fraction of sp³-hybridized carbons (Fsp3) is 0.800. The van der Waals surface area contributed by atoms with Crippen molar-refractivity contribution in [2.45, 2.75) is 45.4 Å². The standard InChI is InChI=1S/C15H27N3O5/c1-15(2,3)13(17-12(21)9-23-5-4-16)14(22)18-7-11(20)6-10(18)8-19/h8,10-11,13,20H,4-7,9,16H2,1-3H3,(H,17,21)/t10-,11+,13+/m0/s1. The zero-order chi connectivity index (χ0) is 17.6. The van der Waals surface area contributed by atoms with Gasteiger partial charge in [-0.3, -0.25) is 9.59 Å². The highest BCUT2D eigenvalue weighted by atomic mass is 16.5. The van der Waals surface area contributed by atoms with Gasteiger partial charge in [-0.15, -0.1) is 0 Å². The second-order valence-electron chi connectivity index (χ2n) is 6.79. The summed E-state index contributed by atoms with van der Waals surface area (Å²) in [5, 5.41) is 12.3. The first-order valence-corrected chi connectivity index (χ1v) is 7.71. The molecule has 1 rings (SSSR count). The largest absolute Gasteiger partial charge is 0.391 e.